The zero-order valence-corrected chi connectivity index (χ0v) is 20.9. The molecule has 0 fully saturated rings. The van der Waals surface area contributed by atoms with Crippen molar-refractivity contribution in [3.05, 3.63) is 101 Å². The number of hydrogen-bond donors (Lipinski definition) is 1. The molecule has 0 saturated heterocycles. The van der Waals surface area contributed by atoms with Gasteiger partial charge in [0.1, 0.15) is 17.6 Å². The van der Waals surface area contributed by atoms with E-state index in [9.17, 15) is 14.0 Å². The highest BCUT2D eigenvalue weighted by Crippen LogP contribution is 2.20. The van der Waals surface area contributed by atoms with Crippen molar-refractivity contribution in [2.24, 2.45) is 0 Å². The fourth-order valence-electron chi connectivity index (χ4n) is 3.69. The van der Waals surface area contributed by atoms with E-state index >= 15 is 0 Å². The Kier molecular flexibility index (Phi) is 10.2. The Morgan fingerprint density at radius 2 is 1.60 bits per heavy atom. The fourth-order valence-corrected chi connectivity index (χ4v) is 4.56. The molecule has 184 valence electrons. The highest BCUT2D eigenvalue weighted by molar-refractivity contribution is 7.99. The zero-order valence-electron chi connectivity index (χ0n) is 20.1. The average molecular weight is 495 g/mol. The van der Waals surface area contributed by atoms with Crippen molar-refractivity contribution < 1.29 is 18.7 Å². The lowest BCUT2D eigenvalue weighted by molar-refractivity contribution is -0.139. The maximum atomic E-state index is 13.5. The van der Waals surface area contributed by atoms with Gasteiger partial charge >= 0.3 is 0 Å². The molecule has 0 aliphatic heterocycles. The van der Waals surface area contributed by atoms with Crippen LogP contribution in [-0.4, -0.2) is 42.2 Å². The number of amides is 2. The molecule has 0 aliphatic rings. The number of ether oxygens (including phenoxy) is 1. The normalized spacial score (nSPS) is 11.5. The number of thioether (sulfide) groups is 1. The van der Waals surface area contributed by atoms with E-state index in [1.54, 1.807) is 24.1 Å². The van der Waals surface area contributed by atoms with Gasteiger partial charge < -0.3 is 15.0 Å². The van der Waals surface area contributed by atoms with Crippen molar-refractivity contribution >= 4 is 23.6 Å². The summed E-state index contributed by atoms with van der Waals surface area (Å²) in [6.45, 7) is 2.54. The Morgan fingerprint density at radius 1 is 0.943 bits per heavy atom. The Hall–Kier alpha value is -3.32. The molecule has 3 aromatic carbocycles. The van der Waals surface area contributed by atoms with Crippen molar-refractivity contribution in [3.63, 3.8) is 0 Å². The van der Waals surface area contributed by atoms with Crippen molar-refractivity contribution in [1.82, 2.24) is 10.2 Å². The Morgan fingerprint density at radius 3 is 2.23 bits per heavy atom. The third-order valence-electron chi connectivity index (χ3n) is 5.54. The number of carbonyl (C=O) groups is 2. The minimum atomic E-state index is -0.684. The molecule has 0 unspecified atom stereocenters. The summed E-state index contributed by atoms with van der Waals surface area (Å²) in [6, 6.07) is 22.7. The van der Waals surface area contributed by atoms with Crippen LogP contribution >= 0.6 is 11.8 Å². The highest BCUT2D eigenvalue weighted by Gasteiger charge is 2.30. The summed E-state index contributed by atoms with van der Waals surface area (Å²) in [5.74, 6) is 0.979. The van der Waals surface area contributed by atoms with Gasteiger partial charge in [-0.2, -0.15) is 0 Å². The van der Waals surface area contributed by atoms with Gasteiger partial charge in [0.05, 0.1) is 12.9 Å². The molecule has 1 N–H and O–H groups in total. The zero-order chi connectivity index (χ0) is 25.0. The largest absolute Gasteiger partial charge is 0.497 e. The third kappa shape index (κ3) is 8.14. The molecule has 3 aromatic rings. The number of hydrogen-bond acceptors (Lipinski definition) is 4. The second kappa shape index (κ2) is 13.5. The summed E-state index contributed by atoms with van der Waals surface area (Å²) in [7, 11) is 1.62. The summed E-state index contributed by atoms with van der Waals surface area (Å²) in [4.78, 5) is 28.2. The van der Waals surface area contributed by atoms with E-state index in [0.717, 1.165) is 22.4 Å². The molecule has 35 heavy (non-hydrogen) atoms. The predicted octanol–water partition coefficient (Wildman–Crippen LogP) is 4.84. The molecule has 0 radical (unpaired) electrons. The Bertz CT molecular complexity index is 1080. The van der Waals surface area contributed by atoms with Crippen LogP contribution in [0.15, 0.2) is 78.9 Å². The standard InChI is InChI=1S/C28H31FN2O3S/c1-3-30-28(33)26(17-21-7-5-4-6-8-21)31(18-22-9-13-24(29)14-10-22)27(32)20-35-19-23-11-15-25(34-2)16-12-23/h4-16,26H,3,17-20H2,1-2H3,(H,30,33)/t26-/m1/s1. The monoisotopic (exact) mass is 494 g/mol. The number of carbonyl (C=O) groups excluding carboxylic acids is 2. The smallest absolute Gasteiger partial charge is 0.243 e. The summed E-state index contributed by atoms with van der Waals surface area (Å²) < 4.78 is 18.7. The number of methoxy groups -OCH3 is 1. The van der Waals surface area contributed by atoms with Crippen molar-refractivity contribution in [3.8, 4) is 5.75 Å². The first kappa shape index (κ1) is 26.3. The Labute approximate surface area is 210 Å². The van der Waals surface area contributed by atoms with Crippen LogP contribution in [0.5, 0.6) is 5.75 Å². The number of nitrogens with zero attached hydrogens (tertiary/aromatic N) is 1. The molecule has 5 nitrogen and oxygen atoms in total. The number of likely N-dealkylation sites (N-methyl/N-ethyl adjacent to an activating group) is 1. The molecule has 0 spiro atoms. The van der Waals surface area contributed by atoms with E-state index in [4.69, 9.17) is 4.74 Å². The van der Waals surface area contributed by atoms with Crippen LogP contribution in [0.25, 0.3) is 0 Å². The van der Waals surface area contributed by atoms with Crippen LogP contribution in [0.2, 0.25) is 0 Å². The van der Waals surface area contributed by atoms with Crippen LogP contribution in [0.1, 0.15) is 23.6 Å². The molecule has 0 aromatic heterocycles. The molecule has 2 amide bonds. The first-order valence-corrected chi connectivity index (χ1v) is 12.7. The molecule has 0 saturated carbocycles. The predicted molar refractivity (Wildman–Crippen MR) is 139 cm³/mol. The second-order valence-electron chi connectivity index (χ2n) is 8.09. The van der Waals surface area contributed by atoms with Gasteiger partial charge in [-0.25, -0.2) is 4.39 Å². The SMILES string of the molecule is CCNC(=O)[C@@H](Cc1ccccc1)N(Cc1ccc(F)cc1)C(=O)CSCc1ccc(OC)cc1. The van der Waals surface area contributed by atoms with Crippen LogP contribution in [0.3, 0.4) is 0 Å². The van der Waals surface area contributed by atoms with E-state index in [1.807, 2.05) is 61.5 Å². The quantitative estimate of drug-likeness (QED) is 0.391. The molecule has 0 aliphatic carbocycles. The molecule has 0 bridgehead atoms. The molecule has 3 rings (SSSR count). The summed E-state index contributed by atoms with van der Waals surface area (Å²) in [6.07, 6.45) is 0.392. The molecular formula is C28H31FN2O3S. The van der Waals surface area contributed by atoms with Gasteiger partial charge in [0.2, 0.25) is 11.8 Å². The average Bonchev–Trinajstić information content (AvgIpc) is 2.88. The lowest BCUT2D eigenvalue weighted by Crippen LogP contribution is -2.51. The maximum Gasteiger partial charge on any atom is 0.243 e. The van der Waals surface area contributed by atoms with Crippen molar-refractivity contribution in [2.75, 3.05) is 19.4 Å². The minimum Gasteiger partial charge on any atom is -0.497 e. The van der Waals surface area contributed by atoms with Crippen molar-refractivity contribution in [2.45, 2.75) is 31.7 Å². The maximum absolute atomic E-state index is 13.5. The molecule has 1 atom stereocenters. The van der Waals surface area contributed by atoms with Crippen LogP contribution in [0.4, 0.5) is 4.39 Å². The van der Waals surface area contributed by atoms with Gasteiger partial charge in [-0.1, -0.05) is 54.6 Å². The van der Waals surface area contributed by atoms with Crippen LogP contribution in [0, 0.1) is 5.82 Å². The highest BCUT2D eigenvalue weighted by atomic mass is 32.2. The van der Waals surface area contributed by atoms with E-state index in [0.29, 0.717) is 18.7 Å². The number of nitrogens with one attached hydrogen (secondary N) is 1. The van der Waals surface area contributed by atoms with E-state index in [2.05, 4.69) is 5.32 Å². The van der Waals surface area contributed by atoms with E-state index < -0.39 is 6.04 Å². The van der Waals surface area contributed by atoms with Gasteiger partial charge in [0.25, 0.3) is 0 Å². The molecular weight excluding hydrogens is 463 g/mol. The number of rotatable bonds is 12. The lowest BCUT2D eigenvalue weighted by Gasteiger charge is -2.31. The molecule has 7 heteroatoms. The topological polar surface area (TPSA) is 58.6 Å². The van der Waals surface area contributed by atoms with E-state index in [-0.39, 0.29) is 29.9 Å². The fraction of sp³-hybridized carbons (Fsp3) is 0.286. The van der Waals surface area contributed by atoms with Gasteiger partial charge in [-0.3, -0.25) is 9.59 Å². The van der Waals surface area contributed by atoms with Crippen LogP contribution < -0.4 is 10.1 Å². The number of benzene rings is 3. The first-order valence-electron chi connectivity index (χ1n) is 11.6. The first-order chi connectivity index (χ1) is 17.0. The lowest BCUT2D eigenvalue weighted by atomic mass is 10.0. The number of halogens is 1. The van der Waals surface area contributed by atoms with Gasteiger partial charge in [0, 0.05) is 25.3 Å². The summed E-state index contributed by atoms with van der Waals surface area (Å²) >= 11 is 1.49. The second-order valence-corrected chi connectivity index (χ2v) is 9.07. The van der Waals surface area contributed by atoms with Gasteiger partial charge in [0.15, 0.2) is 0 Å². The summed E-state index contributed by atoms with van der Waals surface area (Å²) in [5.41, 5.74) is 2.81. The van der Waals surface area contributed by atoms with Gasteiger partial charge in [-0.05, 0) is 47.9 Å². The van der Waals surface area contributed by atoms with Gasteiger partial charge in [-0.15, -0.1) is 11.8 Å². The third-order valence-corrected chi connectivity index (χ3v) is 6.53. The van der Waals surface area contributed by atoms with Crippen molar-refractivity contribution in [1.29, 1.82) is 0 Å². The Balaban J connectivity index is 1.79. The minimum absolute atomic E-state index is 0.139. The van der Waals surface area contributed by atoms with Crippen LogP contribution in [-0.2, 0) is 28.3 Å². The molecule has 0 heterocycles. The van der Waals surface area contributed by atoms with E-state index in [1.165, 1.54) is 23.9 Å². The summed E-state index contributed by atoms with van der Waals surface area (Å²) in [5, 5.41) is 2.88.